The molecule has 1 atom stereocenters. The van der Waals surface area contributed by atoms with Crippen molar-refractivity contribution in [2.45, 2.75) is 18.8 Å². The Hall–Kier alpha value is -2.32. The van der Waals surface area contributed by atoms with Gasteiger partial charge in [0, 0.05) is 36.6 Å². The molecular weight excluding hydrogens is 418 g/mol. The highest BCUT2D eigenvalue weighted by Crippen LogP contribution is 2.28. The molecule has 1 unspecified atom stereocenters. The van der Waals surface area contributed by atoms with Crippen LogP contribution in [-0.4, -0.2) is 31.4 Å². The molecule has 0 aromatic heterocycles. The Morgan fingerprint density at radius 1 is 1.14 bits per heavy atom. The lowest BCUT2D eigenvalue weighted by atomic mass is 10.1. The molecule has 5 nitrogen and oxygen atoms in total. The molecule has 154 valence electrons. The van der Waals surface area contributed by atoms with Crippen molar-refractivity contribution in [1.82, 2.24) is 5.32 Å². The van der Waals surface area contributed by atoms with Gasteiger partial charge in [-0.15, -0.1) is 38.0 Å². The highest BCUT2D eigenvalue weighted by atomic mass is 35.5. The van der Waals surface area contributed by atoms with Crippen molar-refractivity contribution in [2.24, 2.45) is 0 Å². The third-order valence-corrected chi connectivity index (χ3v) is 4.15. The number of anilines is 2. The summed E-state index contributed by atoms with van der Waals surface area (Å²) in [6, 6.07) is 12.5. The first-order valence-electron chi connectivity index (χ1n) is 8.08. The molecule has 28 heavy (non-hydrogen) atoms. The largest absolute Gasteiger partial charge is 0.573 e. The number of alkyl halides is 3. The SMILES string of the molecule is Cl.Cl.Nc1ccccc1C(=O)NC1CCN(c2cccc(OC(F)(F)F)c2)C1. The van der Waals surface area contributed by atoms with E-state index in [1.54, 1.807) is 30.3 Å². The summed E-state index contributed by atoms with van der Waals surface area (Å²) in [5.41, 5.74) is 7.23. The molecule has 1 fully saturated rings. The molecule has 1 heterocycles. The maximum Gasteiger partial charge on any atom is 0.573 e. The van der Waals surface area contributed by atoms with Crippen molar-refractivity contribution in [3.8, 4) is 5.75 Å². The second-order valence-electron chi connectivity index (χ2n) is 6.04. The minimum Gasteiger partial charge on any atom is -0.406 e. The van der Waals surface area contributed by atoms with Crippen LogP contribution in [0.1, 0.15) is 16.8 Å². The van der Waals surface area contributed by atoms with Crippen LogP contribution in [-0.2, 0) is 0 Å². The van der Waals surface area contributed by atoms with E-state index in [1.807, 2.05) is 4.90 Å². The van der Waals surface area contributed by atoms with E-state index >= 15 is 0 Å². The molecule has 0 aliphatic carbocycles. The summed E-state index contributed by atoms with van der Waals surface area (Å²) >= 11 is 0. The number of hydrogen-bond acceptors (Lipinski definition) is 4. The van der Waals surface area contributed by atoms with Gasteiger partial charge in [-0.25, -0.2) is 0 Å². The molecule has 1 aliphatic rings. The molecule has 1 amide bonds. The van der Waals surface area contributed by atoms with E-state index < -0.39 is 6.36 Å². The summed E-state index contributed by atoms with van der Waals surface area (Å²) in [7, 11) is 0. The number of rotatable bonds is 4. The fourth-order valence-corrected chi connectivity index (χ4v) is 2.96. The van der Waals surface area contributed by atoms with Crippen molar-refractivity contribution < 1.29 is 22.7 Å². The quantitative estimate of drug-likeness (QED) is 0.708. The predicted octanol–water partition coefficient (Wildman–Crippen LogP) is 4.02. The molecular formula is C18H20Cl2F3N3O2. The number of hydrogen-bond donors (Lipinski definition) is 2. The van der Waals surface area contributed by atoms with Gasteiger partial charge in [-0.3, -0.25) is 4.79 Å². The standard InChI is InChI=1S/C18H18F3N3O2.2ClH/c19-18(20,21)26-14-5-3-4-13(10-14)24-9-8-12(11-24)23-17(25)15-6-1-2-7-16(15)22;;/h1-7,10,12H,8-9,11,22H2,(H,23,25);2*1H. The molecule has 0 radical (unpaired) electrons. The van der Waals surface area contributed by atoms with Crippen LogP contribution in [0.2, 0.25) is 0 Å². The molecule has 1 saturated heterocycles. The van der Waals surface area contributed by atoms with Gasteiger partial charge in [0.15, 0.2) is 0 Å². The van der Waals surface area contributed by atoms with Gasteiger partial charge in [-0.2, -0.15) is 0 Å². The van der Waals surface area contributed by atoms with Crippen molar-refractivity contribution in [3.05, 3.63) is 54.1 Å². The second-order valence-corrected chi connectivity index (χ2v) is 6.04. The normalized spacial score (nSPS) is 16.0. The van der Waals surface area contributed by atoms with E-state index in [-0.39, 0.29) is 42.5 Å². The number of nitrogens with zero attached hydrogens (tertiary/aromatic N) is 1. The third kappa shape index (κ3) is 6.10. The minimum absolute atomic E-state index is 0. The first-order valence-corrected chi connectivity index (χ1v) is 8.08. The zero-order valence-electron chi connectivity index (χ0n) is 14.6. The topological polar surface area (TPSA) is 67.6 Å². The summed E-state index contributed by atoms with van der Waals surface area (Å²) in [6.45, 7) is 1.11. The first kappa shape index (κ1) is 23.7. The van der Waals surface area contributed by atoms with E-state index in [2.05, 4.69) is 10.1 Å². The number of carbonyl (C=O) groups excluding carboxylic acids is 1. The maximum atomic E-state index is 12.4. The average Bonchev–Trinajstić information content (AvgIpc) is 3.02. The number of benzene rings is 2. The average molecular weight is 438 g/mol. The zero-order valence-corrected chi connectivity index (χ0v) is 16.2. The second kappa shape index (κ2) is 9.75. The summed E-state index contributed by atoms with van der Waals surface area (Å²) in [6.07, 6.45) is -4.04. The van der Waals surface area contributed by atoms with Gasteiger partial charge in [0.2, 0.25) is 0 Å². The number of halogens is 5. The summed E-state index contributed by atoms with van der Waals surface area (Å²) in [5, 5.41) is 2.92. The number of nitrogens with two attached hydrogens (primary N) is 1. The van der Waals surface area contributed by atoms with E-state index in [1.165, 1.54) is 18.2 Å². The van der Waals surface area contributed by atoms with Crippen LogP contribution in [0, 0.1) is 0 Å². The van der Waals surface area contributed by atoms with Crippen molar-refractivity contribution >= 4 is 42.1 Å². The highest BCUT2D eigenvalue weighted by Gasteiger charge is 2.31. The number of carbonyl (C=O) groups is 1. The van der Waals surface area contributed by atoms with Gasteiger partial charge in [0.1, 0.15) is 5.75 Å². The number of amides is 1. The van der Waals surface area contributed by atoms with Crippen LogP contribution in [0.15, 0.2) is 48.5 Å². The Morgan fingerprint density at radius 3 is 2.54 bits per heavy atom. The summed E-state index contributed by atoms with van der Waals surface area (Å²) < 4.78 is 41.0. The Bertz CT molecular complexity index is 806. The van der Waals surface area contributed by atoms with Crippen molar-refractivity contribution in [3.63, 3.8) is 0 Å². The van der Waals surface area contributed by atoms with Crippen LogP contribution in [0.25, 0.3) is 0 Å². The number of nitrogen functional groups attached to an aromatic ring is 1. The number of ether oxygens (including phenoxy) is 1. The molecule has 0 bridgehead atoms. The van der Waals surface area contributed by atoms with Crippen LogP contribution in [0.3, 0.4) is 0 Å². The number of para-hydroxylation sites is 1. The summed E-state index contributed by atoms with van der Waals surface area (Å²) in [4.78, 5) is 14.2. The van der Waals surface area contributed by atoms with Gasteiger partial charge < -0.3 is 20.7 Å². The maximum absolute atomic E-state index is 12.4. The molecule has 3 rings (SSSR count). The Kier molecular flexibility index (Phi) is 8.26. The lowest BCUT2D eigenvalue weighted by molar-refractivity contribution is -0.274. The molecule has 3 N–H and O–H groups in total. The molecule has 2 aromatic rings. The van der Waals surface area contributed by atoms with E-state index in [0.717, 1.165) is 0 Å². The zero-order chi connectivity index (χ0) is 18.7. The van der Waals surface area contributed by atoms with Gasteiger partial charge in [-0.05, 0) is 30.7 Å². The van der Waals surface area contributed by atoms with E-state index in [0.29, 0.717) is 36.4 Å². The monoisotopic (exact) mass is 437 g/mol. The fraction of sp³-hybridized carbons (Fsp3) is 0.278. The Morgan fingerprint density at radius 2 is 1.86 bits per heavy atom. The van der Waals surface area contributed by atoms with E-state index in [9.17, 15) is 18.0 Å². The highest BCUT2D eigenvalue weighted by molar-refractivity contribution is 5.99. The smallest absolute Gasteiger partial charge is 0.406 e. The third-order valence-electron chi connectivity index (χ3n) is 4.15. The van der Waals surface area contributed by atoms with Crippen LogP contribution < -0.4 is 20.7 Å². The van der Waals surface area contributed by atoms with Gasteiger partial charge >= 0.3 is 6.36 Å². The first-order chi connectivity index (χ1) is 12.3. The summed E-state index contributed by atoms with van der Waals surface area (Å²) in [5.74, 6) is -0.524. The van der Waals surface area contributed by atoms with Gasteiger partial charge in [-0.1, -0.05) is 18.2 Å². The van der Waals surface area contributed by atoms with Gasteiger partial charge in [0.25, 0.3) is 5.91 Å². The molecule has 10 heteroatoms. The van der Waals surface area contributed by atoms with Crippen molar-refractivity contribution in [2.75, 3.05) is 23.7 Å². The van der Waals surface area contributed by atoms with Gasteiger partial charge in [0.05, 0.1) is 5.56 Å². The molecule has 0 spiro atoms. The van der Waals surface area contributed by atoms with Crippen LogP contribution >= 0.6 is 24.8 Å². The molecule has 1 aliphatic heterocycles. The fourth-order valence-electron chi connectivity index (χ4n) is 2.96. The minimum atomic E-state index is -4.73. The van der Waals surface area contributed by atoms with Crippen LogP contribution in [0.5, 0.6) is 5.75 Å². The van der Waals surface area contributed by atoms with Crippen molar-refractivity contribution in [1.29, 1.82) is 0 Å². The van der Waals surface area contributed by atoms with Crippen LogP contribution in [0.4, 0.5) is 24.5 Å². The predicted molar refractivity (Wildman–Crippen MR) is 107 cm³/mol. The lowest BCUT2D eigenvalue weighted by Gasteiger charge is -2.20. The Labute approximate surface area is 172 Å². The molecule has 0 saturated carbocycles. The van der Waals surface area contributed by atoms with E-state index in [4.69, 9.17) is 5.73 Å². The number of nitrogens with one attached hydrogen (secondary N) is 1. The molecule has 2 aromatic carbocycles. The lowest BCUT2D eigenvalue weighted by Crippen LogP contribution is -2.37. The Balaban J connectivity index is 0.00000196.